The normalized spacial score (nSPS) is 15.5. The molecule has 0 radical (unpaired) electrons. The number of hydrogen-bond donors (Lipinski definition) is 0. The zero-order valence-corrected chi connectivity index (χ0v) is 21.9. The molecular weight excluding hydrogens is 446 g/mol. The average molecular weight is 478 g/mol. The van der Waals surface area contributed by atoms with Gasteiger partial charge in [-0.1, -0.05) is 100 Å². The first kappa shape index (κ1) is 22.1. The van der Waals surface area contributed by atoms with E-state index >= 15 is 0 Å². The summed E-state index contributed by atoms with van der Waals surface area (Å²) in [5.41, 5.74) is 14.6. The number of nitrogens with zero attached hydrogens (tertiary/aromatic N) is 1. The van der Waals surface area contributed by atoms with Crippen LogP contribution in [0.5, 0.6) is 0 Å². The van der Waals surface area contributed by atoms with Gasteiger partial charge < -0.3 is 4.90 Å². The molecule has 0 aliphatic heterocycles. The molecule has 0 bridgehead atoms. The molecule has 1 nitrogen and oxygen atoms in total. The molecule has 1 heteroatoms. The van der Waals surface area contributed by atoms with Crippen molar-refractivity contribution in [3.8, 4) is 22.3 Å². The highest BCUT2D eigenvalue weighted by Gasteiger charge is 2.42. The molecule has 0 fully saturated rings. The summed E-state index contributed by atoms with van der Waals surface area (Å²) in [6.07, 6.45) is 0. The summed E-state index contributed by atoms with van der Waals surface area (Å²) in [6, 6.07) is 42.3. The second-order valence-electron chi connectivity index (χ2n) is 11.4. The highest BCUT2D eigenvalue weighted by atomic mass is 15.1. The fourth-order valence-corrected chi connectivity index (χ4v) is 6.73. The van der Waals surface area contributed by atoms with Crippen molar-refractivity contribution in [1.29, 1.82) is 0 Å². The first-order chi connectivity index (χ1) is 17.9. The third kappa shape index (κ3) is 3.04. The van der Waals surface area contributed by atoms with Crippen molar-refractivity contribution in [2.75, 3.05) is 4.90 Å². The van der Waals surface area contributed by atoms with Gasteiger partial charge in [-0.3, -0.25) is 0 Å². The maximum absolute atomic E-state index is 2.51. The van der Waals surface area contributed by atoms with E-state index in [1.807, 2.05) is 0 Å². The smallest absolute Gasteiger partial charge is 0.0543 e. The highest BCUT2D eigenvalue weighted by Crippen LogP contribution is 2.58. The van der Waals surface area contributed by atoms with Crippen molar-refractivity contribution in [3.05, 3.63) is 138 Å². The van der Waals surface area contributed by atoms with E-state index in [0.717, 1.165) is 0 Å². The molecule has 5 aromatic rings. The van der Waals surface area contributed by atoms with Crippen molar-refractivity contribution in [2.24, 2.45) is 0 Å². The number of fused-ring (bicyclic) bond motifs is 6. The number of para-hydroxylation sites is 2. The predicted molar refractivity (Wildman–Crippen MR) is 156 cm³/mol. The molecule has 0 atom stereocenters. The molecule has 7 rings (SSSR count). The Bertz CT molecular complexity index is 1620. The minimum atomic E-state index is -0.0869. The van der Waals surface area contributed by atoms with Gasteiger partial charge in [0.1, 0.15) is 0 Å². The molecule has 0 heterocycles. The van der Waals surface area contributed by atoms with E-state index in [-0.39, 0.29) is 10.8 Å². The van der Waals surface area contributed by atoms with Crippen LogP contribution in [0.15, 0.2) is 115 Å². The second-order valence-corrected chi connectivity index (χ2v) is 11.4. The van der Waals surface area contributed by atoms with Crippen LogP contribution in [-0.2, 0) is 10.8 Å². The van der Waals surface area contributed by atoms with Crippen LogP contribution in [0.3, 0.4) is 0 Å². The first-order valence-electron chi connectivity index (χ1n) is 13.2. The maximum Gasteiger partial charge on any atom is 0.0543 e. The monoisotopic (exact) mass is 477 g/mol. The Hall–Kier alpha value is -4.10. The molecule has 0 unspecified atom stereocenters. The van der Waals surface area contributed by atoms with Gasteiger partial charge >= 0.3 is 0 Å². The van der Waals surface area contributed by atoms with Crippen LogP contribution in [0, 0.1) is 0 Å². The van der Waals surface area contributed by atoms with Gasteiger partial charge in [0.25, 0.3) is 0 Å². The molecular formula is C36H31N. The summed E-state index contributed by atoms with van der Waals surface area (Å²) < 4.78 is 0. The largest absolute Gasteiger partial charge is 0.310 e. The average Bonchev–Trinajstić information content (AvgIpc) is 3.29. The van der Waals surface area contributed by atoms with Crippen molar-refractivity contribution in [3.63, 3.8) is 0 Å². The molecule has 0 amide bonds. The van der Waals surface area contributed by atoms with Gasteiger partial charge in [-0.05, 0) is 81.4 Å². The minimum Gasteiger partial charge on any atom is -0.310 e. The molecule has 0 spiro atoms. The minimum absolute atomic E-state index is 0.0264. The Balaban J connectivity index is 1.52. The van der Waals surface area contributed by atoms with Crippen LogP contribution in [0.1, 0.15) is 49.9 Å². The summed E-state index contributed by atoms with van der Waals surface area (Å²) in [6.45, 7) is 9.51. The van der Waals surface area contributed by atoms with E-state index in [9.17, 15) is 0 Å². The van der Waals surface area contributed by atoms with Crippen molar-refractivity contribution < 1.29 is 0 Å². The van der Waals surface area contributed by atoms with Gasteiger partial charge in [-0.15, -0.1) is 0 Å². The van der Waals surface area contributed by atoms with E-state index in [1.165, 1.54) is 61.6 Å². The fourth-order valence-electron chi connectivity index (χ4n) is 6.73. The predicted octanol–water partition coefficient (Wildman–Crippen LogP) is 9.77. The second kappa shape index (κ2) is 7.70. The summed E-state index contributed by atoms with van der Waals surface area (Å²) in [7, 11) is 0. The quantitative estimate of drug-likeness (QED) is 0.250. The van der Waals surface area contributed by atoms with Crippen LogP contribution < -0.4 is 4.90 Å². The van der Waals surface area contributed by atoms with E-state index in [1.54, 1.807) is 0 Å². The van der Waals surface area contributed by atoms with E-state index in [2.05, 4.69) is 148 Å². The number of hydrogen-bond acceptors (Lipinski definition) is 1. The van der Waals surface area contributed by atoms with Gasteiger partial charge in [0, 0.05) is 27.8 Å². The molecule has 2 aliphatic carbocycles. The molecule has 0 N–H and O–H groups in total. The van der Waals surface area contributed by atoms with Crippen LogP contribution in [0.4, 0.5) is 17.1 Å². The zero-order chi connectivity index (χ0) is 25.4. The Kier molecular flexibility index (Phi) is 4.60. The van der Waals surface area contributed by atoms with E-state index in [4.69, 9.17) is 0 Å². The Morgan fingerprint density at radius 1 is 0.432 bits per heavy atom. The van der Waals surface area contributed by atoms with Gasteiger partial charge in [0.2, 0.25) is 0 Å². The summed E-state index contributed by atoms with van der Waals surface area (Å²) >= 11 is 0. The third-order valence-electron chi connectivity index (χ3n) is 8.65. The van der Waals surface area contributed by atoms with Crippen molar-refractivity contribution >= 4 is 17.1 Å². The van der Waals surface area contributed by atoms with Crippen LogP contribution in [-0.4, -0.2) is 0 Å². The van der Waals surface area contributed by atoms with Gasteiger partial charge in [-0.25, -0.2) is 0 Å². The summed E-state index contributed by atoms with van der Waals surface area (Å²) in [4.78, 5) is 2.41. The first-order valence-corrected chi connectivity index (χ1v) is 13.2. The molecule has 2 aliphatic rings. The topological polar surface area (TPSA) is 3.24 Å². The van der Waals surface area contributed by atoms with Gasteiger partial charge in [-0.2, -0.15) is 0 Å². The lowest BCUT2D eigenvalue weighted by Gasteiger charge is -2.28. The highest BCUT2D eigenvalue weighted by molar-refractivity contribution is 5.97. The van der Waals surface area contributed by atoms with Crippen LogP contribution in [0.2, 0.25) is 0 Å². The van der Waals surface area contributed by atoms with Crippen molar-refractivity contribution in [2.45, 2.75) is 38.5 Å². The molecule has 180 valence electrons. The SMILES string of the molecule is CC1(C)c2ccccc2-c2cc3c(cc21)-c1c(N(c2ccccc2)c2ccccc2)cccc1C3(C)C. The Morgan fingerprint density at radius 2 is 0.946 bits per heavy atom. The molecule has 0 aromatic heterocycles. The summed E-state index contributed by atoms with van der Waals surface area (Å²) in [5, 5.41) is 0. The lowest BCUT2D eigenvalue weighted by molar-refractivity contribution is 0.652. The zero-order valence-electron chi connectivity index (χ0n) is 21.9. The molecule has 37 heavy (non-hydrogen) atoms. The van der Waals surface area contributed by atoms with Gasteiger partial charge in [0.15, 0.2) is 0 Å². The van der Waals surface area contributed by atoms with Crippen LogP contribution >= 0.6 is 0 Å². The lowest BCUT2D eigenvalue weighted by Crippen LogP contribution is -2.17. The Morgan fingerprint density at radius 3 is 1.62 bits per heavy atom. The summed E-state index contributed by atoms with van der Waals surface area (Å²) in [5.74, 6) is 0. The number of benzene rings is 5. The molecule has 5 aromatic carbocycles. The van der Waals surface area contributed by atoms with Gasteiger partial charge in [0.05, 0.1) is 5.69 Å². The maximum atomic E-state index is 2.51. The molecule has 0 saturated carbocycles. The van der Waals surface area contributed by atoms with E-state index in [0.29, 0.717) is 0 Å². The lowest BCUT2D eigenvalue weighted by atomic mass is 9.79. The van der Waals surface area contributed by atoms with E-state index < -0.39 is 0 Å². The number of rotatable bonds is 3. The number of anilines is 3. The van der Waals surface area contributed by atoms with Crippen molar-refractivity contribution in [1.82, 2.24) is 0 Å². The fraction of sp³-hybridized carbons (Fsp3) is 0.167. The standard InChI is InChI=1S/C36H31N/c1-35(2)29-19-12-11-18-26(29)27-22-32-28(23-31(27)35)34-30(36(32,3)4)20-13-21-33(34)37(24-14-7-5-8-15-24)25-16-9-6-10-17-25/h5-23H,1-4H3. The van der Waals surface area contributed by atoms with Crippen LogP contribution in [0.25, 0.3) is 22.3 Å². The third-order valence-corrected chi connectivity index (χ3v) is 8.65. The molecule has 0 saturated heterocycles. The Labute approximate surface area is 220 Å².